The van der Waals surface area contributed by atoms with Crippen LogP contribution in [0.1, 0.15) is 12.0 Å². The highest BCUT2D eigenvalue weighted by atomic mass is 35.5. The molecule has 0 unspecified atom stereocenters. The number of para-hydroxylation sites is 1. The summed E-state index contributed by atoms with van der Waals surface area (Å²) < 4.78 is 5.09. The number of halogens is 2. The van der Waals surface area contributed by atoms with Crippen LogP contribution >= 0.6 is 23.2 Å². The van der Waals surface area contributed by atoms with E-state index in [0.717, 1.165) is 11.3 Å². The lowest BCUT2D eigenvalue weighted by atomic mass is 10.1. The molecule has 2 amide bonds. The Morgan fingerprint density at radius 3 is 2.68 bits per heavy atom. The molecule has 0 radical (unpaired) electrons. The Kier molecular flexibility index (Phi) is 6.21. The summed E-state index contributed by atoms with van der Waals surface area (Å²) in [5.41, 5.74) is 2.05. The molecule has 8 heteroatoms. The summed E-state index contributed by atoms with van der Waals surface area (Å²) in [6.07, 6.45) is 0.0505. The monoisotopic (exact) mass is 420 g/mol. The fraction of sp³-hybridized carbons (Fsp3) is 0.250. The van der Waals surface area contributed by atoms with Crippen LogP contribution in [-0.4, -0.2) is 30.9 Å². The smallest absolute Gasteiger partial charge is 0.311 e. The van der Waals surface area contributed by atoms with E-state index in [1.165, 1.54) is 0 Å². The van der Waals surface area contributed by atoms with E-state index >= 15 is 0 Å². The van der Waals surface area contributed by atoms with Crippen molar-refractivity contribution in [2.45, 2.75) is 13.3 Å². The number of carbonyl (C=O) groups is 3. The van der Waals surface area contributed by atoms with Crippen LogP contribution < -0.4 is 10.2 Å². The van der Waals surface area contributed by atoms with Gasteiger partial charge in [-0.3, -0.25) is 14.4 Å². The molecule has 0 aromatic heterocycles. The Bertz CT molecular complexity index is 932. The number of benzene rings is 2. The third-order valence-corrected chi connectivity index (χ3v) is 5.25. The van der Waals surface area contributed by atoms with Crippen molar-refractivity contribution in [1.82, 2.24) is 0 Å². The fourth-order valence-electron chi connectivity index (χ4n) is 3.01. The molecule has 0 aliphatic carbocycles. The first-order valence-electron chi connectivity index (χ1n) is 8.63. The molecule has 1 fully saturated rings. The van der Waals surface area contributed by atoms with Gasteiger partial charge in [0.25, 0.3) is 5.91 Å². The van der Waals surface area contributed by atoms with Gasteiger partial charge in [-0.1, -0.05) is 47.5 Å². The van der Waals surface area contributed by atoms with Crippen molar-refractivity contribution in [3.8, 4) is 0 Å². The largest absolute Gasteiger partial charge is 0.455 e. The van der Waals surface area contributed by atoms with E-state index < -0.39 is 24.4 Å². The Balaban J connectivity index is 1.55. The van der Waals surface area contributed by atoms with Crippen LogP contribution in [-0.2, 0) is 19.1 Å². The van der Waals surface area contributed by atoms with E-state index in [9.17, 15) is 14.4 Å². The summed E-state index contributed by atoms with van der Waals surface area (Å²) in [7, 11) is 0. The number of hydrogen-bond acceptors (Lipinski definition) is 4. The van der Waals surface area contributed by atoms with Gasteiger partial charge >= 0.3 is 5.97 Å². The quantitative estimate of drug-likeness (QED) is 0.745. The number of hydrogen-bond donors (Lipinski definition) is 1. The van der Waals surface area contributed by atoms with E-state index in [0.29, 0.717) is 10.7 Å². The van der Waals surface area contributed by atoms with Crippen molar-refractivity contribution in [3.05, 3.63) is 58.1 Å². The maximum absolute atomic E-state index is 12.3. The maximum atomic E-state index is 12.3. The standard InChI is InChI=1S/C20H18Cl2N2O4/c1-12-5-2-3-8-16(12)24-10-13(9-18(24)26)20(27)28-11-17(25)23-15-7-4-6-14(21)19(15)22/h2-8,13H,9-11H2,1H3,(H,23,25)/t13-/m1/s1. The number of amides is 2. The fourth-order valence-corrected chi connectivity index (χ4v) is 3.35. The number of aryl methyl sites for hydroxylation is 1. The number of rotatable bonds is 5. The van der Waals surface area contributed by atoms with Crippen molar-refractivity contribution in [3.63, 3.8) is 0 Å². The zero-order valence-electron chi connectivity index (χ0n) is 15.1. The molecule has 6 nitrogen and oxygen atoms in total. The van der Waals surface area contributed by atoms with Gasteiger partial charge in [0.1, 0.15) is 0 Å². The molecule has 0 spiro atoms. The Labute approximate surface area is 172 Å². The lowest BCUT2D eigenvalue weighted by Gasteiger charge is -2.18. The predicted molar refractivity (Wildman–Crippen MR) is 108 cm³/mol. The second kappa shape index (κ2) is 8.63. The summed E-state index contributed by atoms with van der Waals surface area (Å²) in [5.74, 6) is -1.89. The van der Waals surface area contributed by atoms with Gasteiger partial charge in [0.05, 0.1) is 21.7 Å². The number of carbonyl (C=O) groups excluding carboxylic acids is 3. The van der Waals surface area contributed by atoms with Crippen LogP contribution in [0.5, 0.6) is 0 Å². The Morgan fingerprint density at radius 1 is 1.18 bits per heavy atom. The topological polar surface area (TPSA) is 75.7 Å². The second-order valence-corrected chi connectivity index (χ2v) is 7.23. The first-order chi connectivity index (χ1) is 13.4. The minimum atomic E-state index is -0.616. The van der Waals surface area contributed by atoms with Gasteiger partial charge in [0.15, 0.2) is 6.61 Å². The molecular formula is C20H18Cl2N2O4. The van der Waals surface area contributed by atoms with Crippen LogP contribution in [0.15, 0.2) is 42.5 Å². The number of nitrogens with one attached hydrogen (secondary N) is 1. The summed E-state index contributed by atoms with van der Waals surface area (Å²) in [6, 6.07) is 12.3. The predicted octanol–water partition coefficient (Wildman–Crippen LogP) is 3.84. The SMILES string of the molecule is Cc1ccccc1N1C[C@H](C(=O)OCC(=O)Nc2cccc(Cl)c2Cl)CC1=O. The Hall–Kier alpha value is -2.57. The van der Waals surface area contributed by atoms with Crippen LogP contribution in [0.2, 0.25) is 10.0 Å². The summed E-state index contributed by atoms with van der Waals surface area (Å²) >= 11 is 11.9. The van der Waals surface area contributed by atoms with Crippen LogP contribution in [0.4, 0.5) is 11.4 Å². The normalized spacial score (nSPS) is 16.2. The van der Waals surface area contributed by atoms with Gasteiger partial charge < -0.3 is 15.0 Å². The number of esters is 1. The van der Waals surface area contributed by atoms with E-state index in [-0.39, 0.29) is 23.9 Å². The van der Waals surface area contributed by atoms with Crippen molar-refractivity contribution in [1.29, 1.82) is 0 Å². The minimum absolute atomic E-state index is 0.0505. The molecule has 0 bridgehead atoms. The summed E-state index contributed by atoms with van der Waals surface area (Å²) in [5, 5.41) is 3.05. The highest BCUT2D eigenvalue weighted by Gasteiger charge is 2.36. The molecule has 2 aromatic rings. The van der Waals surface area contributed by atoms with Crippen LogP contribution in [0.25, 0.3) is 0 Å². The summed E-state index contributed by atoms with van der Waals surface area (Å²) in [4.78, 5) is 38.2. The van der Waals surface area contributed by atoms with Gasteiger partial charge in [-0.2, -0.15) is 0 Å². The first-order valence-corrected chi connectivity index (χ1v) is 9.39. The molecule has 1 N–H and O–H groups in total. The Morgan fingerprint density at radius 2 is 1.93 bits per heavy atom. The van der Waals surface area contributed by atoms with Gasteiger partial charge in [-0.05, 0) is 30.7 Å². The van der Waals surface area contributed by atoms with Gasteiger partial charge in [-0.25, -0.2) is 0 Å². The molecular weight excluding hydrogens is 403 g/mol. The highest BCUT2D eigenvalue weighted by molar-refractivity contribution is 6.44. The maximum Gasteiger partial charge on any atom is 0.311 e. The van der Waals surface area contributed by atoms with Crippen molar-refractivity contribution < 1.29 is 19.1 Å². The average molecular weight is 421 g/mol. The number of anilines is 2. The minimum Gasteiger partial charge on any atom is -0.455 e. The van der Waals surface area contributed by atoms with Crippen molar-refractivity contribution in [2.75, 3.05) is 23.4 Å². The molecule has 1 aliphatic heterocycles. The molecule has 1 aliphatic rings. The summed E-state index contributed by atoms with van der Waals surface area (Å²) in [6.45, 7) is 1.65. The third kappa shape index (κ3) is 4.46. The van der Waals surface area contributed by atoms with Gasteiger partial charge in [0, 0.05) is 18.7 Å². The lowest BCUT2D eigenvalue weighted by molar-refractivity contribution is -0.151. The van der Waals surface area contributed by atoms with Crippen LogP contribution in [0.3, 0.4) is 0 Å². The molecule has 3 rings (SSSR count). The van der Waals surface area contributed by atoms with E-state index in [2.05, 4.69) is 5.32 Å². The molecule has 146 valence electrons. The zero-order chi connectivity index (χ0) is 20.3. The molecule has 1 heterocycles. The molecule has 28 heavy (non-hydrogen) atoms. The third-order valence-electron chi connectivity index (χ3n) is 4.44. The molecule has 0 saturated carbocycles. The van der Waals surface area contributed by atoms with Gasteiger partial charge in [-0.15, -0.1) is 0 Å². The lowest BCUT2D eigenvalue weighted by Crippen LogP contribution is -2.28. The van der Waals surface area contributed by atoms with Crippen LogP contribution in [0, 0.1) is 12.8 Å². The molecule has 1 atom stereocenters. The molecule has 2 aromatic carbocycles. The van der Waals surface area contributed by atoms with Gasteiger partial charge in [0.2, 0.25) is 5.91 Å². The van der Waals surface area contributed by atoms with Crippen molar-refractivity contribution in [2.24, 2.45) is 5.92 Å². The van der Waals surface area contributed by atoms with Crippen molar-refractivity contribution >= 4 is 52.4 Å². The van der Waals surface area contributed by atoms with E-state index in [1.807, 2.05) is 31.2 Å². The first kappa shape index (κ1) is 20.2. The zero-order valence-corrected chi connectivity index (χ0v) is 16.6. The number of nitrogens with zero attached hydrogens (tertiary/aromatic N) is 1. The molecule has 1 saturated heterocycles. The average Bonchev–Trinajstić information content (AvgIpc) is 3.05. The highest BCUT2D eigenvalue weighted by Crippen LogP contribution is 2.30. The number of ether oxygens (including phenoxy) is 1. The second-order valence-electron chi connectivity index (χ2n) is 6.45. The van der Waals surface area contributed by atoms with E-state index in [4.69, 9.17) is 27.9 Å². The van der Waals surface area contributed by atoms with E-state index in [1.54, 1.807) is 23.1 Å².